The molecule has 0 spiro atoms. The molecule has 24 heavy (non-hydrogen) atoms. The zero-order chi connectivity index (χ0) is 16.9. The van der Waals surface area contributed by atoms with Crippen LogP contribution in [-0.2, 0) is 17.7 Å². The van der Waals surface area contributed by atoms with Gasteiger partial charge in [-0.05, 0) is 54.9 Å². The zero-order valence-corrected chi connectivity index (χ0v) is 14.6. The van der Waals surface area contributed by atoms with Gasteiger partial charge in [0.15, 0.2) is 5.78 Å². The molecule has 5 nitrogen and oxygen atoms in total. The van der Waals surface area contributed by atoms with Crippen molar-refractivity contribution in [3.63, 3.8) is 0 Å². The summed E-state index contributed by atoms with van der Waals surface area (Å²) in [4.78, 5) is 11.7. The number of carbonyl (C=O) groups is 1. The van der Waals surface area contributed by atoms with E-state index in [-0.39, 0.29) is 5.78 Å². The van der Waals surface area contributed by atoms with E-state index in [2.05, 4.69) is 4.72 Å². The van der Waals surface area contributed by atoms with Crippen molar-refractivity contribution in [2.45, 2.75) is 44.9 Å². The molecule has 0 aromatic heterocycles. The van der Waals surface area contributed by atoms with E-state index in [0.717, 1.165) is 42.6 Å². The highest BCUT2D eigenvalue weighted by Crippen LogP contribution is 2.33. The highest BCUT2D eigenvalue weighted by Gasteiger charge is 2.26. The van der Waals surface area contributed by atoms with Crippen molar-refractivity contribution >= 4 is 17.0 Å². The van der Waals surface area contributed by atoms with Gasteiger partial charge in [-0.25, -0.2) is 4.72 Å². The lowest BCUT2D eigenvalue weighted by molar-refractivity contribution is 0.0994. The van der Waals surface area contributed by atoms with E-state index in [1.807, 2.05) is 18.2 Å². The van der Waals surface area contributed by atoms with Gasteiger partial charge in [0.25, 0.3) is 0 Å². The second-order valence-corrected chi connectivity index (χ2v) is 7.53. The fraction of sp³-hybridized carbons (Fsp3) is 0.611. The van der Waals surface area contributed by atoms with Crippen molar-refractivity contribution in [3.8, 4) is 5.75 Å². The van der Waals surface area contributed by atoms with Gasteiger partial charge in [-0.15, -0.1) is 0 Å². The number of fused-ring (bicyclic) bond motifs is 1. The minimum atomic E-state index is -2.18. The third-order valence-electron chi connectivity index (χ3n) is 5.26. The summed E-state index contributed by atoms with van der Waals surface area (Å²) < 4.78 is 29.7. The van der Waals surface area contributed by atoms with Crippen LogP contribution in [-0.4, -0.2) is 27.7 Å². The van der Waals surface area contributed by atoms with Crippen molar-refractivity contribution in [3.05, 3.63) is 29.3 Å². The molecule has 132 valence electrons. The van der Waals surface area contributed by atoms with Gasteiger partial charge in [0.2, 0.25) is 0 Å². The molecule has 1 aromatic carbocycles. The molecule has 3 unspecified atom stereocenters. The summed E-state index contributed by atoms with van der Waals surface area (Å²) in [5, 5.41) is 0. The Morgan fingerprint density at radius 2 is 2.00 bits per heavy atom. The van der Waals surface area contributed by atoms with Crippen LogP contribution in [0.15, 0.2) is 18.2 Å². The molecule has 2 aliphatic rings. The number of aryl methyl sites for hydroxylation is 1. The van der Waals surface area contributed by atoms with Crippen LogP contribution in [0.4, 0.5) is 0 Å². The lowest BCUT2D eigenvalue weighted by atomic mass is 9.78. The fourth-order valence-electron chi connectivity index (χ4n) is 3.94. The average Bonchev–Trinajstić information content (AvgIpc) is 2.94. The van der Waals surface area contributed by atoms with Crippen molar-refractivity contribution in [1.29, 1.82) is 0 Å². The average molecular weight is 350 g/mol. The Hall–Kier alpha value is -1.24. The number of rotatable bonds is 7. The van der Waals surface area contributed by atoms with E-state index >= 15 is 0 Å². The highest BCUT2D eigenvalue weighted by molar-refractivity contribution is 7.77. The first-order chi connectivity index (χ1) is 11.6. The molecule has 0 radical (unpaired) electrons. The van der Waals surface area contributed by atoms with Crippen LogP contribution in [0, 0.1) is 11.8 Å². The van der Waals surface area contributed by atoms with Crippen molar-refractivity contribution < 1.29 is 18.3 Å². The van der Waals surface area contributed by atoms with Gasteiger partial charge in [-0.3, -0.25) is 9.00 Å². The van der Waals surface area contributed by atoms with Crippen LogP contribution in [0.5, 0.6) is 5.75 Å². The smallest absolute Gasteiger partial charge is 0.163 e. The summed E-state index contributed by atoms with van der Waals surface area (Å²) in [6.45, 7) is 1.16. The van der Waals surface area contributed by atoms with Crippen LogP contribution in [0.1, 0.15) is 54.4 Å². The number of carbonyl (C=O) groups excluding carboxylic acids is 1. The largest absolute Gasteiger partial charge is 0.760 e. The predicted octanol–water partition coefficient (Wildman–Crippen LogP) is 2.77. The number of ketones is 1. The molecule has 1 saturated carbocycles. The van der Waals surface area contributed by atoms with Gasteiger partial charge in [-0.1, -0.05) is 19.3 Å². The van der Waals surface area contributed by atoms with Crippen molar-refractivity contribution in [2.24, 2.45) is 11.8 Å². The topological polar surface area (TPSA) is 78.5 Å². The third-order valence-corrected chi connectivity index (χ3v) is 5.70. The Bertz CT molecular complexity index is 619. The second kappa shape index (κ2) is 8.23. The Labute approximate surface area is 145 Å². The number of hydrogen-bond donors (Lipinski definition) is 1. The molecule has 6 heteroatoms. The minimum absolute atomic E-state index is 0.229. The van der Waals surface area contributed by atoms with Gasteiger partial charge in [0.05, 0.1) is 6.61 Å². The number of Topliss-reactive ketones (excluding diaryl/α,β-unsaturated/α-hetero) is 1. The van der Waals surface area contributed by atoms with Gasteiger partial charge in [0, 0.05) is 29.8 Å². The molecule has 1 N–H and O–H groups in total. The van der Waals surface area contributed by atoms with Crippen LogP contribution < -0.4 is 9.46 Å². The Morgan fingerprint density at radius 1 is 1.21 bits per heavy atom. The Morgan fingerprint density at radius 3 is 2.79 bits per heavy atom. The monoisotopic (exact) mass is 350 g/mol. The summed E-state index contributed by atoms with van der Waals surface area (Å²) in [6.07, 6.45) is 6.98. The molecule has 3 rings (SSSR count). The molecule has 2 aliphatic carbocycles. The van der Waals surface area contributed by atoms with E-state index in [9.17, 15) is 13.6 Å². The summed E-state index contributed by atoms with van der Waals surface area (Å²) in [5.74, 6) is 2.04. The first kappa shape index (κ1) is 17.6. The zero-order valence-electron chi connectivity index (χ0n) is 13.8. The van der Waals surface area contributed by atoms with Crippen LogP contribution in [0.3, 0.4) is 0 Å². The maximum absolute atomic E-state index is 11.7. The quantitative estimate of drug-likeness (QED) is 0.767. The van der Waals surface area contributed by atoms with E-state index in [0.29, 0.717) is 31.4 Å². The van der Waals surface area contributed by atoms with Crippen molar-refractivity contribution in [2.75, 3.05) is 13.2 Å². The summed E-state index contributed by atoms with van der Waals surface area (Å²) in [5.41, 5.74) is 1.94. The van der Waals surface area contributed by atoms with E-state index in [1.165, 1.54) is 12.8 Å². The maximum Gasteiger partial charge on any atom is 0.163 e. The lowest BCUT2D eigenvalue weighted by Gasteiger charge is -2.31. The Kier molecular flexibility index (Phi) is 6.03. The van der Waals surface area contributed by atoms with Gasteiger partial charge < -0.3 is 9.29 Å². The summed E-state index contributed by atoms with van der Waals surface area (Å²) in [6, 6.07) is 5.77. The molecule has 0 amide bonds. The molecule has 0 saturated heterocycles. The number of nitrogens with one attached hydrogen (secondary N) is 1. The number of hydrogen-bond acceptors (Lipinski definition) is 4. The molecular weight excluding hydrogens is 326 g/mol. The molecular formula is C18H24NO4S-. The first-order valence-corrected chi connectivity index (χ1v) is 9.82. The SMILES string of the molecule is O=C1CCc2cc(OCC3CCCCC3CCNS(=O)[O-])ccc21. The lowest BCUT2D eigenvalue weighted by Crippen LogP contribution is -2.29. The molecule has 3 atom stereocenters. The van der Waals surface area contributed by atoms with Gasteiger partial charge in [-0.2, -0.15) is 0 Å². The molecule has 1 fully saturated rings. The molecule has 0 bridgehead atoms. The first-order valence-electron chi connectivity index (χ1n) is 8.75. The van der Waals surface area contributed by atoms with Crippen molar-refractivity contribution in [1.82, 2.24) is 4.72 Å². The van der Waals surface area contributed by atoms with Gasteiger partial charge in [0.1, 0.15) is 5.75 Å². The molecule has 0 aliphatic heterocycles. The second-order valence-electron chi connectivity index (χ2n) is 6.78. The molecule has 1 aromatic rings. The van der Waals surface area contributed by atoms with Gasteiger partial charge >= 0.3 is 0 Å². The standard InChI is InChI=1S/C18H25NO4S/c20-18-8-5-14-11-16(6-7-17(14)18)23-12-15-4-2-1-3-13(15)9-10-19-24(21)22/h6-7,11,13,15,19H,1-5,8-10,12H2,(H,21,22)/p-1. The minimum Gasteiger partial charge on any atom is -0.760 e. The number of ether oxygens (including phenoxy) is 1. The molecule has 0 heterocycles. The van der Waals surface area contributed by atoms with Crippen LogP contribution >= 0.6 is 0 Å². The van der Waals surface area contributed by atoms with E-state index < -0.39 is 11.3 Å². The van der Waals surface area contributed by atoms with Crippen LogP contribution in [0.2, 0.25) is 0 Å². The third kappa shape index (κ3) is 4.43. The number of benzene rings is 1. The van der Waals surface area contributed by atoms with E-state index in [1.54, 1.807) is 0 Å². The Balaban J connectivity index is 1.54. The summed E-state index contributed by atoms with van der Waals surface area (Å²) >= 11 is -2.18. The maximum atomic E-state index is 11.7. The van der Waals surface area contributed by atoms with E-state index in [4.69, 9.17) is 4.74 Å². The normalized spacial score (nSPS) is 24.6. The fourth-order valence-corrected chi connectivity index (χ4v) is 4.22. The predicted molar refractivity (Wildman–Crippen MR) is 91.6 cm³/mol. The summed E-state index contributed by atoms with van der Waals surface area (Å²) in [7, 11) is 0. The highest BCUT2D eigenvalue weighted by atomic mass is 32.2. The van der Waals surface area contributed by atoms with Crippen LogP contribution in [0.25, 0.3) is 0 Å².